The van der Waals surface area contributed by atoms with Crippen molar-refractivity contribution in [2.45, 2.75) is 38.0 Å². The van der Waals surface area contributed by atoms with E-state index in [2.05, 4.69) is 47.3 Å². The maximum absolute atomic E-state index is 11.5. The molecule has 0 spiro atoms. The van der Waals surface area contributed by atoms with Gasteiger partial charge in [-0.2, -0.15) is 0 Å². The van der Waals surface area contributed by atoms with Crippen LogP contribution in [0.15, 0.2) is 71.6 Å². The predicted octanol–water partition coefficient (Wildman–Crippen LogP) is 6.35. The molecule has 2 aromatic carbocycles. The van der Waals surface area contributed by atoms with Crippen LogP contribution in [0.3, 0.4) is 0 Å². The molecule has 1 aliphatic carbocycles. The van der Waals surface area contributed by atoms with Crippen LogP contribution in [0.2, 0.25) is 0 Å². The van der Waals surface area contributed by atoms with Gasteiger partial charge in [0.2, 0.25) is 0 Å². The molecule has 0 radical (unpaired) electrons. The molecule has 4 aromatic rings. The Morgan fingerprint density at radius 2 is 2.00 bits per heavy atom. The van der Waals surface area contributed by atoms with Gasteiger partial charge >= 0.3 is 5.97 Å². The van der Waals surface area contributed by atoms with Gasteiger partial charge < -0.3 is 14.4 Å². The van der Waals surface area contributed by atoms with Crippen molar-refractivity contribution in [2.24, 2.45) is 0 Å². The third kappa shape index (κ3) is 3.86. The number of carboxylic acid groups (broad SMARTS) is 1. The molecule has 1 aliphatic rings. The molecule has 2 aromatic heterocycles. The SMILES string of the molecule is CN(c1ccc2c(c1)CCC[C@H]2CCc1cnccc1C(=O)O)c1ccc2occc2c1. The number of hydrogen-bond acceptors (Lipinski definition) is 4. The van der Waals surface area contributed by atoms with Gasteiger partial charge in [-0.25, -0.2) is 4.79 Å². The summed E-state index contributed by atoms with van der Waals surface area (Å²) in [7, 11) is 2.10. The minimum absolute atomic E-state index is 0.364. The first-order valence-corrected chi connectivity index (χ1v) is 11.1. The summed E-state index contributed by atoms with van der Waals surface area (Å²) in [5.74, 6) is -0.435. The molecule has 2 heterocycles. The monoisotopic (exact) mass is 426 g/mol. The maximum atomic E-state index is 11.5. The number of nitrogens with zero attached hydrogens (tertiary/aromatic N) is 2. The fourth-order valence-electron chi connectivity index (χ4n) is 4.89. The van der Waals surface area contributed by atoms with Crippen molar-refractivity contribution >= 4 is 28.3 Å². The summed E-state index contributed by atoms with van der Waals surface area (Å²) < 4.78 is 5.46. The van der Waals surface area contributed by atoms with E-state index in [9.17, 15) is 9.90 Å². The van der Waals surface area contributed by atoms with Crippen molar-refractivity contribution in [1.29, 1.82) is 0 Å². The first-order chi connectivity index (χ1) is 15.6. The molecule has 0 fully saturated rings. The summed E-state index contributed by atoms with van der Waals surface area (Å²) in [5, 5.41) is 10.5. The molecule has 0 saturated carbocycles. The van der Waals surface area contributed by atoms with Crippen molar-refractivity contribution in [2.75, 3.05) is 11.9 Å². The molecule has 0 unspecified atom stereocenters. The average molecular weight is 427 g/mol. The van der Waals surface area contributed by atoms with E-state index in [1.165, 1.54) is 16.8 Å². The molecule has 5 nitrogen and oxygen atoms in total. The Morgan fingerprint density at radius 1 is 1.16 bits per heavy atom. The molecule has 0 amide bonds. The second-order valence-electron chi connectivity index (χ2n) is 8.55. The van der Waals surface area contributed by atoms with Crippen LogP contribution >= 0.6 is 0 Å². The lowest BCUT2D eigenvalue weighted by Crippen LogP contribution is -2.14. The summed E-state index contributed by atoms with van der Waals surface area (Å²) in [6.45, 7) is 0. The highest BCUT2D eigenvalue weighted by Gasteiger charge is 2.22. The fraction of sp³-hybridized carbons (Fsp3) is 0.259. The molecule has 0 saturated heterocycles. The van der Waals surface area contributed by atoms with Crippen LogP contribution in [0.25, 0.3) is 11.0 Å². The van der Waals surface area contributed by atoms with Gasteiger partial charge in [-0.05, 0) is 97.2 Å². The lowest BCUT2D eigenvalue weighted by atomic mass is 9.79. The number of aromatic carboxylic acids is 1. The zero-order chi connectivity index (χ0) is 22.1. The van der Waals surface area contributed by atoms with Gasteiger partial charge in [-0.15, -0.1) is 0 Å². The van der Waals surface area contributed by atoms with E-state index in [1.807, 2.05) is 12.1 Å². The minimum atomic E-state index is -0.882. The largest absolute Gasteiger partial charge is 0.478 e. The quantitative estimate of drug-likeness (QED) is 0.389. The van der Waals surface area contributed by atoms with Crippen molar-refractivity contribution in [3.05, 3.63) is 89.4 Å². The number of rotatable bonds is 6. The molecule has 1 atom stereocenters. The number of furan rings is 1. The number of aromatic nitrogens is 1. The average Bonchev–Trinajstić information content (AvgIpc) is 3.30. The molecule has 5 heteroatoms. The Hall–Kier alpha value is -3.60. The highest BCUT2D eigenvalue weighted by Crippen LogP contribution is 2.38. The Labute approximate surface area is 187 Å². The van der Waals surface area contributed by atoms with E-state index >= 15 is 0 Å². The third-order valence-electron chi connectivity index (χ3n) is 6.67. The summed E-state index contributed by atoms with van der Waals surface area (Å²) in [6, 6.07) is 16.6. The van der Waals surface area contributed by atoms with Gasteiger partial charge in [-0.1, -0.05) is 6.07 Å². The Morgan fingerprint density at radius 3 is 2.88 bits per heavy atom. The van der Waals surface area contributed by atoms with Gasteiger partial charge in [0, 0.05) is 36.2 Å². The van der Waals surface area contributed by atoms with Crippen molar-refractivity contribution in [1.82, 2.24) is 4.98 Å². The highest BCUT2D eigenvalue weighted by atomic mass is 16.4. The van der Waals surface area contributed by atoms with Gasteiger partial charge in [0.05, 0.1) is 11.8 Å². The van der Waals surface area contributed by atoms with Gasteiger partial charge in [0.25, 0.3) is 0 Å². The van der Waals surface area contributed by atoms with Crippen LogP contribution in [0, 0.1) is 0 Å². The van der Waals surface area contributed by atoms with Crippen LogP contribution in [-0.2, 0) is 12.8 Å². The van der Waals surface area contributed by atoms with Gasteiger partial charge in [0.15, 0.2) is 0 Å². The second-order valence-corrected chi connectivity index (χ2v) is 8.55. The van der Waals surface area contributed by atoms with Gasteiger partial charge in [0.1, 0.15) is 5.58 Å². The summed E-state index contributed by atoms with van der Waals surface area (Å²) >= 11 is 0. The molecular weight excluding hydrogens is 400 g/mol. The first kappa shape index (κ1) is 20.3. The van der Waals surface area contributed by atoms with Crippen LogP contribution in [0.4, 0.5) is 11.4 Å². The number of pyridine rings is 1. The van der Waals surface area contributed by atoms with Crippen LogP contribution < -0.4 is 4.90 Å². The standard InChI is InChI=1S/C27H26N2O3/c1-29(23-8-10-26-20(16-23)12-14-32-26)22-7-9-24-18(3-2-4-19(24)15-22)5-6-21-17-28-13-11-25(21)27(30)31/h7-18H,2-6H2,1H3,(H,30,31)/t18-/m0/s1. The molecule has 0 aliphatic heterocycles. The Bertz CT molecular complexity index is 1280. The third-order valence-corrected chi connectivity index (χ3v) is 6.67. The number of anilines is 2. The summed E-state index contributed by atoms with van der Waals surface area (Å²) in [4.78, 5) is 17.9. The fourth-order valence-corrected chi connectivity index (χ4v) is 4.89. The van der Waals surface area contributed by atoms with E-state index in [1.54, 1.807) is 24.7 Å². The zero-order valence-corrected chi connectivity index (χ0v) is 18.1. The maximum Gasteiger partial charge on any atom is 0.336 e. The predicted molar refractivity (Wildman–Crippen MR) is 126 cm³/mol. The minimum Gasteiger partial charge on any atom is -0.478 e. The zero-order valence-electron chi connectivity index (χ0n) is 18.1. The first-order valence-electron chi connectivity index (χ1n) is 11.1. The van der Waals surface area contributed by atoms with E-state index in [0.29, 0.717) is 11.5 Å². The van der Waals surface area contributed by atoms with Crippen LogP contribution in [0.5, 0.6) is 0 Å². The van der Waals surface area contributed by atoms with Crippen molar-refractivity contribution in [3.8, 4) is 0 Å². The van der Waals surface area contributed by atoms with E-state index in [0.717, 1.165) is 54.3 Å². The molecule has 1 N–H and O–H groups in total. The topological polar surface area (TPSA) is 66.6 Å². The second kappa shape index (κ2) is 8.50. The number of aryl methyl sites for hydroxylation is 2. The van der Waals surface area contributed by atoms with Crippen LogP contribution in [-0.4, -0.2) is 23.1 Å². The molecular formula is C27H26N2O3. The van der Waals surface area contributed by atoms with Gasteiger partial charge in [-0.3, -0.25) is 4.98 Å². The van der Waals surface area contributed by atoms with Crippen molar-refractivity contribution < 1.29 is 14.3 Å². The number of carbonyl (C=O) groups is 1. The Balaban J connectivity index is 1.36. The number of fused-ring (bicyclic) bond motifs is 2. The number of carboxylic acids is 1. The van der Waals surface area contributed by atoms with E-state index in [4.69, 9.17) is 4.42 Å². The summed E-state index contributed by atoms with van der Waals surface area (Å²) in [5.41, 5.74) is 7.19. The molecule has 0 bridgehead atoms. The number of hydrogen-bond donors (Lipinski definition) is 1. The van der Waals surface area contributed by atoms with E-state index in [-0.39, 0.29) is 0 Å². The smallest absolute Gasteiger partial charge is 0.336 e. The molecule has 162 valence electrons. The van der Waals surface area contributed by atoms with Crippen LogP contribution in [0.1, 0.15) is 52.2 Å². The summed E-state index contributed by atoms with van der Waals surface area (Å²) in [6.07, 6.45) is 10.0. The Kier molecular flexibility index (Phi) is 5.39. The lowest BCUT2D eigenvalue weighted by molar-refractivity contribution is 0.0695. The van der Waals surface area contributed by atoms with Crippen molar-refractivity contribution in [3.63, 3.8) is 0 Å². The van der Waals surface area contributed by atoms with E-state index < -0.39 is 5.97 Å². The highest BCUT2D eigenvalue weighted by molar-refractivity contribution is 5.89. The lowest BCUT2D eigenvalue weighted by Gasteiger charge is -2.28. The molecule has 5 rings (SSSR count). The normalized spacial score (nSPS) is 15.5. The number of benzene rings is 2. The molecule has 32 heavy (non-hydrogen) atoms.